The molecule has 0 spiro atoms. The Bertz CT molecular complexity index is 427. The first-order valence-electron chi connectivity index (χ1n) is 7.39. The van der Waals surface area contributed by atoms with Gasteiger partial charge in [0.25, 0.3) is 0 Å². The van der Waals surface area contributed by atoms with Gasteiger partial charge in [0.05, 0.1) is 19.3 Å². The summed E-state index contributed by atoms with van der Waals surface area (Å²) in [4.78, 5) is 2.52. The van der Waals surface area contributed by atoms with Crippen LogP contribution >= 0.6 is 0 Å². The number of nitrogens with two attached hydrogens (primary N) is 1. The van der Waals surface area contributed by atoms with Crippen LogP contribution in [0.5, 0.6) is 0 Å². The number of rotatable bonds is 2. The summed E-state index contributed by atoms with van der Waals surface area (Å²) < 4.78 is 5.78. The maximum atomic E-state index is 6.01. The van der Waals surface area contributed by atoms with Crippen LogP contribution in [0.2, 0.25) is 0 Å². The molecule has 3 rings (SSSR count). The van der Waals surface area contributed by atoms with E-state index in [1.165, 1.54) is 24.0 Å². The second-order valence-electron chi connectivity index (χ2n) is 5.96. The summed E-state index contributed by atoms with van der Waals surface area (Å²) in [5, 5.41) is 0. The molecule has 1 aliphatic heterocycles. The minimum Gasteiger partial charge on any atom is -0.375 e. The quantitative estimate of drug-likeness (QED) is 0.887. The largest absolute Gasteiger partial charge is 0.375 e. The van der Waals surface area contributed by atoms with E-state index in [-0.39, 0.29) is 0 Å². The SMILES string of the molecule is CN(C1CCC(N)CC1)C1COCc2ccccc21. The molecule has 2 N–H and O–H groups in total. The molecular weight excluding hydrogens is 236 g/mol. The minimum atomic E-state index is 0.407. The zero-order chi connectivity index (χ0) is 13.2. The summed E-state index contributed by atoms with van der Waals surface area (Å²) in [6.07, 6.45) is 4.75. The average molecular weight is 260 g/mol. The summed E-state index contributed by atoms with van der Waals surface area (Å²) in [5.74, 6) is 0. The fourth-order valence-corrected chi connectivity index (χ4v) is 3.46. The van der Waals surface area contributed by atoms with E-state index >= 15 is 0 Å². The second kappa shape index (κ2) is 5.61. The Morgan fingerprint density at radius 1 is 1.16 bits per heavy atom. The van der Waals surface area contributed by atoms with E-state index < -0.39 is 0 Å². The van der Waals surface area contributed by atoms with Gasteiger partial charge in [0.2, 0.25) is 0 Å². The monoisotopic (exact) mass is 260 g/mol. The highest BCUT2D eigenvalue weighted by molar-refractivity contribution is 5.31. The van der Waals surface area contributed by atoms with Gasteiger partial charge in [0, 0.05) is 12.1 Å². The number of fused-ring (bicyclic) bond motifs is 1. The Hall–Kier alpha value is -0.900. The van der Waals surface area contributed by atoms with Crippen LogP contribution in [0, 0.1) is 0 Å². The minimum absolute atomic E-state index is 0.407. The van der Waals surface area contributed by atoms with Gasteiger partial charge in [-0.05, 0) is 43.9 Å². The van der Waals surface area contributed by atoms with Gasteiger partial charge < -0.3 is 10.5 Å². The molecule has 3 heteroatoms. The first kappa shape index (κ1) is 13.1. The molecule has 0 aromatic heterocycles. The average Bonchev–Trinajstić information content (AvgIpc) is 2.47. The van der Waals surface area contributed by atoms with E-state index in [9.17, 15) is 0 Å². The molecule has 1 atom stereocenters. The molecule has 0 saturated heterocycles. The van der Waals surface area contributed by atoms with Gasteiger partial charge in [0.1, 0.15) is 0 Å². The predicted octanol–water partition coefficient (Wildman–Crippen LogP) is 2.46. The van der Waals surface area contributed by atoms with Gasteiger partial charge in [-0.2, -0.15) is 0 Å². The lowest BCUT2D eigenvalue weighted by atomic mass is 9.88. The van der Waals surface area contributed by atoms with Crippen LogP contribution in [0.4, 0.5) is 0 Å². The maximum absolute atomic E-state index is 6.01. The molecule has 1 aromatic rings. The number of nitrogens with zero attached hydrogens (tertiary/aromatic N) is 1. The molecule has 1 aliphatic carbocycles. The third kappa shape index (κ3) is 2.69. The predicted molar refractivity (Wildman–Crippen MR) is 76.8 cm³/mol. The molecule has 1 saturated carbocycles. The van der Waals surface area contributed by atoms with Gasteiger partial charge in [-0.1, -0.05) is 24.3 Å². The maximum Gasteiger partial charge on any atom is 0.0721 e. The number of ether oxygens (including phenoxy) is 1. The summed E-state index contributed by atoms with van der Waals surface area (Å²) >= 11 is 0. The smallest absolute Gasteiger partial charge is 0.0721 e. The van der Waals surface area contributed by atoms with E-state index in [0.29, 0.717) is 18.1 Å². The number of likely N-dealkylation sites (N-methyl/N-ethyl adjacent to an activating group) is 1. The van der Waals surface area contributed by atoms with E-state index in [0.717, 1.165) is 26.1 Å². The molecule has 1 fully saturated rings. The van der Waals surface area contributed by atoms with Crippen molar-refractivity contribution < 1.29 is 4.74 Å². The zero-order valence-electron chi connectivity index (χ0n) is 11.7. The van der Waals surface area contributed by atoms with Crippen LogP contribution in [0.15, 0.2) is 24.3 Å². The molecular formula is C16H24N2O. The lowest BCUT2D eigenvalue weighted by Gasteiger charge is -2.40. The van der Waals surface area contributed by atoms with Crippen molar-refractivity contribution in [2.45, 2.75) is 50.4 Å². The Morgan fingerprint density at radius 3 is 2.68 bits per heavy atom. The van der Waals surface area contributed by atoms with Gasteiger partial charge in [0.15, 0.2) is 0 Å². The summed E-state index contributed by atoms with van der Waals surface area (Å²) in [7, 11) is 2.25. The molecule has 1 unspecified atom stereocenters. The highest BCUT2D eigenvalue weighted by Crippen LogP contribution is 2.33. The Kier molecular flexibility index (Phi) is 3.87. The normalized spacial score (nSPS) is 31.2. The van der Waals surface area contributed by atoms with E-state index in [1.807, 2.05) is 0 Å². The molecule has 19 heavy (non-hydrogen) atoms. The fraction of sp³-hybridized carbons (Fsp3) is 0.625. The Morgan fingerprint density at radius 2 is 1.89 bits per heavy atom. The molecule has 104 valence electrons. The third-order valence-corrected chi connectivity index (χ3v) is 4.76. The molecule has 1 heterocycles. The molecule has 0 amide bonds. The highest BCUT2D eigenvalue weighted by atomic mass is 16.5. The van der Waals surface area contributed by atoms with E-state index in [2.05, 4.69) is 36.2 Å². The topological polar surface area (TPSA) is 38.5 Å². The zero-order valence-corrected chi connectivity index (χ0v) is 11.7. The third-order valence-electron chi connectivity index (χ3n) is 4.76. The summed E-state index contributed by atoms with van der Waals surface area (Å²) in [6, 6.07) is 10.2. The van der Waals surface area contributed by atoms with Crippen molar-refractivity contribution in [2.75, 3.05) is 13.7 Å². The lowest BCUT2D eigenvalue weighted by Crippen LogP contribution is -2.43. The van der Waals surface area contributed by atoms with Crippen LogP contribution in [0.1, 0.15) is 42.9 Å². The highest BCUT2D eigenvalue weighted by Gasteiger charge is 2.30. The van der Waals surface area contributed by atoms with Crippen molar-refractivity contribution in [3.63, 3.8) is 0 Å². The van der Waals surface area contributed by atoms with Gasteiger partial charge in [-0.15, -0.1) is 0 Å². The molecule has 3 nitrogen and oxygen atoms in total. The van der Waals surface area contributed by atoms with Gasteiger partial charge in [-0.3, -0.25) is 4.90 Å². The molecule has 0 bridgehead atoms. The summed E-state index contributed by atoms with van der Waals surface area (Å²) in [6.45, 7) is 1.58. The Labute approximate surface area is 115 Å². The fourth-order valence-electron chi connectivity index (χ4n) is 3.46. The van der Waals surface area contributed by atoms with Crippen LogP contribution in [-0.4, -0.2) is 30.6 Å². The summed E-state index contributed by atoms with van der Waals surface area (Å²) in [5.41, 5.74) is 8.80. The number of hydrogen-bond acceptors (Lipinski definition) is 3. The lowest BCUT2D eigenvalue weighted by molar-refractivity contribution is 0.0182. The van der Waals surface area contributed by atoms with Crippen molar-refractivity contribution >= 4 is 0 Å². The first-order valence-corrected chi connectivity index (χ1v) is 7.39. The number of hydrogen-bond donors (Lipinski definition) is 1. The van der Waals surface area contributed by atoms with Crippen molar-refractivity contribution in [2.24, 2.45) is 5.73 Å². The number of benzene rings is 1. The van der Waals surface area contributed by atoms with Gasteiger partial charge in [-0.25, -0.2) is 0 Å². The van der Waals surface area contributed by atoms with Gasteiger partial charge >= 0.3 is 0 Å². The van der Waals surface area contributed by atoms with Crippen LogP contribution < -0.4 is 5.73 Å². The van der Waals surface area contributed by atoms with Crippen LogP contribution in [0.25, 0.3) is 0 Å². The second-order valence-corrected chi connectivity index (χ2v) is 5.96. The first-order chi connectivity index (χ1) is 9.25. The molecule has 1 aromatic carbocycles. The van der Waals surface area contributed by atoms with Crippen molar-refractivity contribution in [1.29, 1.82) is 0 Å². The molecule has 0 radical (unpaired) electrons. The Balaban J connectivity index is 1.75. The standard InChI is InChI=1S/C16H24N2O/c1-18(14-8-6-13(17)7-9-14)16-11-19-10-12-4-2-3-5-15(12)16/h2-5,13-14,16H,6-11,17H2,1H3. The van der Waals surface area contributed by atoms with Crippen molar-refractivity contribution in [3.05, 3.63) is 35.4 Å². The van der Waals surface area contributed by atoms with Crippen molar-refractivity contribution in [3.8, 4) is 0 Å². The van der Waals surface area contributed by atoms with Crippen molar-refractivity contribution in [1.82, 2.24) is 4.90 Å². The van der Waals surface area contributed by atoms with Crippen LogP contribution in [-0.2, 0) is 11.3 Å². The van der Waals surface area contributed by atoms with E-state index in [4.69, 9.17) is 10.5 Å². The van der Waals surface area contributed by atoms with Crippen LogP contribution in [0.3, 0.4) is 0 Å². The molecule has 2 aliphatic rings. The van der Waals surface area contributed by atoms with E-state index in [1.54, 1.807) is 0 Å².